The number of aliphatic hydroxyl groups is 1. The summed E-state index contributed by atoms with van der Waals surface area (Å²) in [6.07, 6.45) is 2.87. The van der Waals surface area contributed by atoms with Crippen LogP contribution in [0.25, 0.3) is 0 Å². The van der Waals surface area contributed by atoms with Crippen molar-refractivity contribution in [2.75, 3.05) is 6.54 Å². The first-order valence-electron chi connectivity index (χ1n) is 6.67. The lowest BCUT2D eigenvalue weighted by Crippen LogP contribution is -2.36. The molecule has 1 aliphatic carbocycles. The minimum atomic E-state index is -0.0466. The van der Waals surface area contributed by atoms with E-state index in [4.69, 9.17) is 0 Å². The van der Waals surface area contributed by atoms with Crippen molar-refractivity contribution in [3.63, 3.8) is 0 Å². The van der Waals surface area contributed by atoms with E-state index in [0.717, 1.165) is 38.9 Å². The van der Waals surface area contributed by atoms with Gasteiger partial charge < -0.3 is 10.4 Å². The molecule has 2 N–H and O–H groups in total. The third-order valence-corrected chi connectivity index (χ3v) is 3.53. The van der Waals surface area contributed by atoms with Crippen LogP contribution in [0.1, 0.15) is 38.1 Å². The van der Waals surface area contributed by atoms with Crippen LogP contribution in [0.4, 0.5) is 0 Å². The zero-order valence-corrected chi connectivity index (χ0v) is 10.8. The number of aryl methyl sites for hydroxylation is 2. The van der Waals surface area contributed by atoms with Crippen molar-refractivity contribution in [1.29, 1.82) is 0 Å². The monoisotopic (exact) mass is 237 g/mol. The highest BCUT2D eigenvalue weighted by Gasteiger charge is 2.26. The van der Waals surface area contributed by atoms with E-state index in [1.54, 1.807) is 0 Å². The van der Waals surface area contributed by atoms with Crippen LogP contribution in [0.3, 0.4) is 0 Å². The van der Waals surface area contributed by atoms with Crippen LogP contribution < -0.4 is 5.32 Å². The van der Waals surface area contributed by atoms with Crippen molar-refractivity contribution < 1.29 is 5.11 Å². The van der Waals surface area contributed by atoms with E-state index in [2.05, 4.69) is 35.0 Å². The topological polar surface area (TPSA) is 50.1 Å². The van der Waals surface area contributed by atoms with Gasteiger partial charge in [-0.3, -0.25) is 4.68 Å². The first-order chi connectivity index (χ1) is 8.22. The van der Waals surface area contributed by atoms with Gasteiger partial charge in [0.1, 0.15) is 0 Å². The van der Waals surface area contributed by atoms with Crippen molar-refractivity contribution >= 4 is 0 Å². The third kappa shape index (κ3) is 3.07. The molecule has 0 unspecified atom stereocenters. The Morgan fingerprint density at radius 1 is 1.47 bits per heavy atom. The molecule has 1 aromatic rings. The molecular weight excluding hydrogens is 214 g/mol. The number of nitrogens with zero attached hydrogens (tertiary/aromatic N) is 2. The maximum absolute atomic E-state index is 9.21. The van der Waals surface area contributed by atoms with E-state index in [-0.39, 0.29) is 6.10 Å². The van der Waals surface area contributed by atoms with Crippen molar-refractivity contribution in [3.8, 4) is 0 Å². The van der Waals surface area contributed by atoms with Gasteiger partial charge in [-0.15, -0.1) is 0 Å². The molecule has 0 aliphatic heterocycles. The van der Waals surface area contributed by atoms with Crippen LogP contribution in [0, 0.1) is 5.92 Å². The molecule has 96 valence electrons. The molecule has 2 rings (SSSR count). The van der Waals surface area contributed by atoms with Crippen LogP contribution >= 0.6 is 0 Å². The third-order valence-electron chi connectivity index (χ3n) is 3.53. The Morgan fingerprint density at radius 2 is 2.24 bits per heavy atom. The molecule has 0 aromatic carbocycles. The number of nitrogens with one attached hydrogen (secondary N) is 1. The second kappa shape index (κ2) is 5.65. The van der Waals surface area contributed by atoms with Crippen LogP contribution in [0.2, 0.25) is 0 Å². The van der Waals surface area contributed by atoms with Gasteiger partial charge >= 0.3 is 0 Å². The van der Waals surface area contributed by atoms with Gasteiger partial charge in [-0.25, -0.2) is 0 Å². The van der Waals surface area contributed by atoms with Gasteiger partial charge in [-0.1, -0.05) is 6.92 Å². The molecule has 0 bridgehead atoms. The number of aliphatic hydroxyl groups excluding tert-OH is 1. The van der Waals surface area contributed by atoms with E-state index in [1.807, 2.05) is 0 Å². The quantitative estimate of drug-likeness (QED) is 0.784. The van der Waals surface area contributed by atoms with Gasteiger partial charge in [0.2, 0.25) is 0 Å². The minimum Gasteiger partial charge on any atom is -0.393 e. The molecule has 1 heterocycles. The smallest absolute Gasteiger partial charge is 0.0625 e. The first-order valence-corrected chi connectivity index (χ1v) is 6.67. The lowest BCUT2D eigenvalue weighted by Gasteiger charge is -2.31. The molecule has 1 aliphatic rings. The predicted octanol–water partition coefficient (Wildman–Crippen LogP) is 1.33. The van der Waals surface area contributed by atoms with Gasteiger partial charge in [-0.05, 0) is 44.7 Å². The average Bonchev–Trinajstić information content (AvgIpc) is 2.69. The van der Waals surface area contributed by atoms with Gasteiger partial charge in [0.15, 0.2) is 0 Å². The van der Waals surface area contributed by atoms with Crippen LogP contribution in [-0.4, -0.2) is 27.5 Å². The number of hydrogen-bond acceptors (Lipinski definition) is 3. The van der Waals surface area contributed by atoms with Gasteiger partial charge in [0, 0.05) is 13.1 Å². The van der Waals surface area contributed by atoms with Crippen molar-refractivity contribution in [1.82, 2.24) is 15.1 Å². The Balaban J connectivity index is 1.79. The summed E-state index contributed by atoms with van der Waals surface area (Å²) in [4.78, 5) is 0. The molecule has 1 saturated carbocycles. The molecule has 17 heavy (non-hydrogen) atoms. The standard InChI is InChI=1S/C13H23N3O/c1-3-11-7-12(16(4-2)15-11)9-14-8-10-5-13(17)6-10/h7,10,13-14,17H,3-6,8-9H2,1-2H3. The molecule has 0 spiro atoms. The van der Waals surface area contributed by atoms with Crippen molar-refractivity contribution in [3.05, 3.63) is 17.5 Å². The van der Waals surface area contributed by atoms with E-state index in [0.29, 0.717) is 5.92 Å². The Bertz CT molecular complexity index is 356. The average molecular weight is 237 g/mol. The van der Waals surface area contributed by atoms with E-state index in [1.165, 1.54) is 11.4 Å². The molecule has 0 atom stereocenters. The van der Waals surface area contributed by atoms with Crippen molar-refractivity contribution in [2.24, 2.45) is 5.92 Å². The van der Waals surface area contributed by atoms with E-state index >= 15 is 0 Å². The molecule has 0 saturated heterocycles. The second-order valence-corrected chi connectivity index (χ2v) is 4.92. The number of hydrogen-bond donors (Lipinski definition) is 2. The molecular formula is C13H23N3O. The molecule has 4 nitrogen and oxygen atoms in total. The SMILES string of the molecule is CCc1cc(CNCC2CC(O)C2)n(CC)n1. The lowest BCUT2D eigenvalue weighted by atomic mass is 9.82. The second-order valence-electron chi connectivity index (χ2n) is 4.92. The highest BCUT2D eigenvalue weighted by molar-refractivity contribution is 5.10. The summed E-state index contributed by atoms with van der Waals surface area (Å²) in [7, 11) is 0. The predicted molar refractivity (Wildman–Crippen MR) is 67.7 cm³/mol. The van der Waals surface area contributed by atoms with Crippen LogP contribution in [-0.2, 0) is 19.5 Å². The Kier molecular flexibility index (Phi) is 4.18. The zero-order chi connectivity index (χ0) is 12.3. The highest BCUT2D eigenvalue weighted by atomic mass is 16.3. The first kappa shape index (κ1) is 12.6. The van der Waals surface area contributed by atoms with Gasteiger partial charge in [0.05, 0.1) is 17.5 Å². The summed E-state index contributed by atoms with van der Waals surface area (Å²) in [5.41, 5.74) is 2.44. The number of rotatable bonds is 6. The fraction of sp³-hybridized carbons (Fsp3) is 0.769. The highest BCUT2D eigenvalue weighted by Crippen LogP contribution is 2.26. The summed E-state index contributed by atoms with van der Waals surface area (Å²) in [6.45, 7) is 7.08. The Labute approximate surface area is 103 Å². The van der Waals surface area contributed by atoms with E-state index < -0.39 is 0 Å². The maximum Gasteiger partial charge on any atom is 0.0625 e. The summed E-state index contributed by atoms with van der Waals surface area (Å²) in [5.74, 6) is 0.661. The Morgan fingerprint density at radius 3 is 2.82 bits per heavy atom. The molecule has 4 heteroatoms. The van der Waals surface area contributed by atoms with Gasteiger partial charge in [-0.2, -0.15) is 5.10 Å². The minimum absolute atomic E-state index is 0.0466. The van der Waals surface area contributed by atoms with E-state index in [9.17, 15) is 5.11 Å². The normalized spacial score (nSPS) is 23.7. The zero-order valence-electron chi connectivity index (χ0n) is 10.8. The summed E-state index contributed by atoms with van der Waals surface area (Å²) in [6, 6.07) is 2.19. The van der Waals surface area contributed by atoms with Gasteiger partial charge in [0.25, 0.3) is 0 Å². The fourth-order valence-corrected chi connectivity index (χ4v) is 2.38. The van der Waals surface area contributed by atoms with Crippen molar-refractivity contribution in [2.45, 2.75) is 52.3 Å². The largest absolute Gasteiger partial charge is 0.393 e. The summed E-state index contributed by atoms with van der Waals surface area (Å²) < 4.78 is 2.07. The van der Waals surface area contributed by atoms with Crippen LogP contribution in [0.5, 0.6) is 0 Å². The maximum atomic E-state index is 9.21. The lowest BCUT2D eigenvalue weighted by molar-refractivity contribution is 0.0429. The fourth-order valence-electron chi connectivity index (χ4n) is 2.38. The molecule has 1 aromatic heterocycles. The summed E-state index contributed by atoms with van der Waals surface area (Å²) >= 11 is 0. The molecule has 0 radical (unpaired) electrons. The molecule has 1 fully saturated rings. The number of aromatic nitrogens is 2. The Hall–Kier alpha value is -0.870. The summed E-state index contributed by atoms with van der Waals surface area (Å²) in [5, 5.41) is 17.2. The van der Waals surface area contributed by atoms with Crippen LogP contribution in [0.15, 0.2) is 6.07 Å². The molecule has 0 amide bonds.